The summed E-state index contributed by atoms with van der Waals surface area (Å²) in [5.74, 6) is -0.0256. The van der Waals surface area contributed by atoms with Crippen molar-refractivity contribution in [3.8, 4) is 0 Å². The smallest absolute Gasteiger partial charge is 0.306 e. The van der Waals surface area contributed by atoms with Crippen LogP contribution in [0.4, 0.5) is 0 Å². The number of ether oxygens (including phenoxy) is 1. The average Bonchev–Trinajstić information content (AvgIpc) is 2.27. The summed E-state index contributed by atoms with van der Waals surface area (Å²) < 4.78 is 5.38. The molecule has 0 N–H and O–H groups in total. The van der Waals surface area contributed by atoms with Crippen molar-refractivity contribution in [1.82, 2.24) is 0 Å². The Hall–Kier alpha value is -0.860. The molecule has 0 aromatic carbocycles. The number of carbonyl (C=O) groups is 2. The molecule has 0 rings (SSSR count). The number of hydrogen-bond acceptors (Lipinski definition) is 3. The van der Waals surface area contributed by atoms with Crippen LogP contribution in [0.25, 0.3) is 0 Å². The molecule has 0 aliphatic carbocycles. The van der Waals surface area contributed by atoms with Crippen molar-refractivity contribution in [2.45, 2.75) is 78.2 Å². The van der Waals surface area contributed by atoms with Crippen molar-refractivity contribution >= 4 is 11.8 Å². The van der Waals surface area contributed by atoms with Crippen LogP contribution in [0.3, 0.4) is 0 Å². The minimum atomic E-state index is -0.158. The van der Waals surface area contributed by atoms with E-state index >= 15 is 0 Å². The van der Waals surface area contributed by atoms with E-state index in [1.54, 1.807) is 6.92 Å². The molecule has 0 amide bonds. The zero-order chi connectivity index (χ0) is 13.1. The van der Waals surface area contributed by atoms with Gasteiger partial charge in [-0.3, -0.25) is 4.79 Å². The zero-order valence-electron chi connectivity index (χ0n) is 11.5. The van der Waals surface area contributed by atoms with Crippen LogP contribution in [0.1, 0.15) is 72.1 Å². The summed E-state index contributed by atoms with van der Waals surface area (Å²) in [6, 6.07) is 0. The number of esters is 1. The van der Waals surface area contributed by atoms with E-state index in [0.717, 1.165) is 19.3 Å². The lowest BCUT2D eigenvalue weighted by Crippen LogP contribution is -2.17. The van der Waals surface area contributed by atoms with Crippen molar-refractivity contribution in [2.75, 3.05) is 0 Å². The van der Waals surface area contributed by atoms with E-state index in [1.165, 1.54) is 12.8 Å². The number of unbranched alkanes of at least 4 members (excludes halogenated alkanes) is 2. The fraction of sp³-hybridized carbons (Fsp3) is 0.857. The lowest BCUT2D eigenvalue weighted by Gasteiger charge is -2.15. The van der Waals surface area contributed by atoms with Gasteiger partial charge in [0, 0.05) is 12.8 Å². The van der Waals surface area contributed by atoms with Crippen molar-refractivity contribution < 1.29 is 14.3 Å². The maximum atomic E-state index is 11.5. The van der Waals surface area contributed by atoms with E-state index in [4.69, 9.17) is 4.74 Å². The first-order valence-electron chi connectivity index (χ1n) is 6.79. The van der Waals surface area contributed by atoms with Crippen molar-refractivity contribution in [1.29, 1.82) is 0 Å². The van der Waals surface area contributed by atoms with Crippen LogP contribution in [-0.4, -0.2) is 17.9 Å². The van der Waals surface area contributed by atoms with Gasteiger partial charge in [-0.2, -0.15) is 0 Å². The van der Waals surface area contributed by atoms with E-state index in [2.05, 4.69) is 6.92 Å². The summed E-state index contributed by atoms with van der Waals surface area (Å²) in [5.41, 5.74) is 0. The molecule has 3 heteroatoms. The molecular weight excluding hydrogens is 216 g/mol. The van der Waals surface area contributed by atoms with Gasteiger partial charge >= 0.3 is 5.97 Å². The van der Waals surface area contributed by atoms with Crippen LogP contribution in [0, 0.1) is 0 Å². The lowest BCUT2D eigenvalue weighted by molar-refractivity contribution is -0.149. The largest absolute Gasteiger partial charge is 0.462 e. The third-order valence-corrected chi connectivity index (χ3v) is 2.79. The van der Waals surface area contributed by atoms with E-state index in [-0.39, 0.29) is 17.9 Å². The number of Topliss-reactive ketones (excluding diaryl/α,β-unsaturated/α-hetero) is 1. The van der Waals surface area contributed by atoms with E-state index in [0.29, 0.717) is 19.3 Å². The molecule has 0 aliphatic heterocycles. The van der Waals surface area contributed by atoms with Gasteiger partial charge in [-0.05, 0) is 32.6 Å². The minimum absolute atomic E-state index is 0.0615. The van der Waals surface area contributed by atoms with Crippen LogP contribution >= 0.6 is 0 Å². The Bertz CT molecular complexity index is 224. The number of rotatable bonds is 10. The first-order chi connectivity index (χ1) is 8.10. The molecule has 0 spiro atoms. The van der Waals surface area contributed by atoms with Gasteiger partial charge in [0.15, 0.2) is 0 Å². The Labute approximate surface area is 105 Å². The number of carbonyl (C=O) groups excluding carboxylic acids is 2. The second kappa shape index (κ2) is 10.3. The summed E-state index contributed by atoms with van der Waals surface area (Å²) in [6.45, 7) is 5.75. The highest BCUT2D eigenvalue weighted by molar-refractivity contribution is 5.76. The predicted octanol–water partition coefficient (Wildman–Crippen LogP) is 3.65. The van der Waals surface area contributed by atoms with Gasteiger partial charge < -0.3 is 9.53 Å². The minimum Gasteiger partial charge on any atom is -0.462 e. The maximum Gasteiger partial charge on any atom is 0.306 e. The van der Waals surface area contributed by atoms with Crippen LogP contribution in [0.2, 0.25) is 0 Å². The van der Waals surface area contributed by atoms with Crippen LogP contribution < -0.4 is 0 Å². The second-order valence-corrected chi connectivity index (χ2v) is 4.57. The predicted molar refractivity (Wildman–Crippen MR) is 68.8 cm³/mol. The molecule has 0 radical (unpaired) electrons. The Morgan fingerprint density at radius 3 is 2.29 bits per heavy atom. The monoisotopic (exact) mass is 242 g/mol. The quantitative estimate of drug-likeness (QED) is 0.434. The van der Waals surface area contributed by atoms with E-state index < -0.39 is 0 Å². The molecule has 100 valence electrons. The molecule has 0 saturated carbocycles. The third kappa shape index (κ3) is 10.0. The molecular formula is C14H26O3. The summed E-state index contributed by atoms with van der Waals surface area (Å²) in [4.78, 5) is 22.2. The van der Waals surface area contributed by atoms with Gasteiger partial charge in [-0.25, -0.2) is 0 Å². The van der Waals surface area contributed by atoms with Crippen molar-refractivity contribution in [3.05, 3.63) is 0 Å². The van der Waals surface area contributed by atoms with Crippen LogP contribution in [0.5, 0.6) is 0 Å². The molecule has 17 heavy (non-hydrogen) atoms. The molecule has 0 fully saturated rings. The highest BCUT2D eigenvalue weighted by Gasteiger charge is 2.12. The van der Waals surface area contributed by atoms with Gasteiger partial charge in [0.25, 0.3) is 0 Å². The first-order valence-corrected chi connectivity index (χ1v) is 6.79. The highest BCUT2D eigenvalue weighted by Crippen LogP contribution is 2.11. The SMILES string of the molecule is CCCCCC(CC)OC(=O)CCCC(C)=O. The number of hydrogen-bond donors (Lipinski definition) is 0. The average molecular weight is 242 g/mol. The summed E-state index contributed by atoms with van der Waals surface area (Å²) >= 11 is 0. The van der Waals surface area contributed by atoms with Gasteiger partial charge in [0.1, 0.15) is 11.9 Å². The number of ketones is 1. The van der Waals surface area contributed by atoms with Crippen molar-refractivity contribution in [2.24, 2.45) is 0 Å². The molecule has 0 aliphatic rings. The molecule has 0 bridgehead atoms. The fourth-order valence-electron chi connectivity index (χ4n) is 1.69. The van der Waals surface area contributed by atoms with Gasteiger partial charge in [0.2, 0.25) is 0 Å². The first kappa shape index (κ1) is 16.1. The van der Waals surface area contributed by atoms with Crippen LogP contribution in [-0.2, 0) is 14.3 Å². The van der Waals surface area contributed by atoms with Gasteiger partial charge in [-0.15, -0.1) is 0 Å². The van der Waals surface area contributed by atoms with Crippen molar-refractivity contribution in [3.63, 3.8) is 0 Å². The topological polar surface area (TPSA) is 43.4 Å². The Morgan fingerprint density at radius 2 is 1.76 bits per heavy atom. The Morgan fingerprint density at radius 1 is 1.06 bits per heavy atom. The normalized spacial score (nSPS) is 12.2. The molecule has 1 atom stereocenters. The molecule has 0 heterocycles. The maximum absolute atomic E-state index is 11.5. The second-order valence-electron chi connectivity index (χ2n) is 4.57. The van der Waals surface area contributed by atoms with E-state index in [9.17, 15) is 9.59 Å². The van der Waals surface area contributed by atoms with Crippen LogP contribution in [0.15, 0.2) is 0 Å². The summed E-state index contributed by atoms with van der Waals surface area (Å²) in [7, 11) is 0. The van der Waals surface area contributed by atoms with Gasteiger partial charge in [0.05, 0.1) is 0 Å². The fourth-order valence-corrected chi connectivity index (χ4v) is 1.69. The standard InChI is InChI=1S/C14H26O3/c1-4-6-7-10-13(5-2)17-14(16)11-8-9-12(3)15/h13H,4-11H2,1-3H3. The molecule has 0 aromatic heterocycles. The lowest BCUT2D eigenvalue weighted by atomic mass is 10.1. The van der Waals surface area contributed by atoms with Gasteiger partial charge in [-0.1, -0.05) is 26.7 Å². The summed E-state index contributed by atoms with van der Waals surface area (Å²) in [5, 5.41) is 0. The molecule has 3 nitrogen and oxygen atoms in total. The molecule has 0 saturated heterocycles. The third-order valence-electron chi connectivity index (χ3n) is 2.79. The highest BCUT2D eigenvalue weighted by atomic mass is 16.5. The summed E-state index contributed by atoms with van der Waals surface area (Å²) in [6.07, 6.45) is 6.85. The Kier molecular flexibility index (Phi) is 9.78. The Balaban J connectivity index is 3.70. The molecule has 1 unspecified atom stereocenters. The molecule has 0 aromatic rings. The van der Waals surface area contributed by atoms with E-state index in [1.807, 2.05) is 6.92 Å². The zero-order valence-corrected chi connectivity index (χ0v) is 11.5.